The number of aryl methyl sites for hydroxylation is 1. The van der Waals surface area contributed by atoms with Gasteiger partial charge < -0.3 is 14.4 Å². The minimum Gasteiger partial charge on any atom is -0.493 e. The fourth-order valence-corrected chi connectivity index (χ4v) is 4.93. The summed E-state index contributed by atoms with van der Waals surface area (Å²) >= 11 is 6.15. The first-order valence-corrected chi connectivity index (χ1v) is 13.2. The number of nitrogens with one attached hydrogen (secondary N) is 1. The lowest BCUT2D eigenvalue weighted by atomic mass is 9.95. The number of amides is 1. The highest BCUT2D eigenvalue weighted by Crippen LogP contribution is 2.45. The van der Waals surface area contributed by atoms with Crippen molar-refractivity contribution in [3.8, 4) is 22.8 Å². The predicted molar refractivity (Wildman–Crippen MR) is 150 cm³/mol. The molecule has 1 N–H and O–H groups in total. The van der Waals surface area contributed by atoms with Crippen molar-refractivity contribution in [1.29, 1.82) is 0 Å². The number of halogens is 1. The van der Waals surface area contributed by atoms with Crippen LogP contribution < -0.4 is 9.47 Å². The van der Waals surface area contributed by atoms with Crippen molar-refractivity contribution in [3.05, 3.63) is 99.7 Å². The molecule has 1 amide bonds. The van der Waals surface area contributed by atoms with E-state index < -0.39 is 0 Å². The van der Waals surface area contributed by atoms with Crippen LogP contribution in [0.15, 0.2) is 66.7 Å². The summed E-state index contributed by atoms with van der Waals surface area (Å²) in [5.41, 5.74) is 6.13. The zero-order valence-electron chi connectivity index (χ0n) is 22.1. The first-order valence-electron chi connectivity index (χ1n) is 12.9. The average molecular weight is 530 g/mol. The van der Waals surface area contributed by atoms with Crippen molar-refractivity contribution in [1.82, 2.24) is 15.1 Å². The van der Waals surface area contributed by atoms with E-state index in [-0.39, 0.29) is 11.9 Å². The van der Waals surface area contributed by atoms with Crippen molar-refractivity contribution in [2.24, 2.45) is 5.92 Å². The number of benzene rings is 3. The molecule has 6 nitrogen and oxygen atoms in total. The Morgan fingerprint density at radius 2 is 1.76 bits per heavy atom. The highest BCUT2D eigenvalue weighted by molar-refractivity contribution is 6.30. The normalized spacial score (nSPS) is 14.7. The molecule has 0 bridgehead atoms. The summed E-state index contributed by atoms with van der Waals surface area (Å²) in [6, 6.07) is 21.3. The van der Waals surface area contributed by atoms with Gasteiger partial charge in [0.1, 0.15) is 5.69 Å². The summed E-state index contributed by atoms with van der Waals surface area (Å²) in [6.45, 7) is 7.47. The molecule has 0 radical (unpaired) electrons. The van der Waals surface area contributed by atoms with Crippen LogP contribution in [0.1, 0.15) is 59.1 Å². The highest BCUT2D eigenvalue weighted by atomic mass is 35.5. The van der Waals surface area contributed by atoms with Gasteiger partial charge in [-0.3, -0.25) is 9.89 Å². The summed E-state index contributed by atoms with van der Waals surface area (Å²) < 4.78 is 11.8. The van der Waals surface area contributed by atoms with Crippen LogP contribution in [0.3, 0.4) is 0 Å². The molecular weight excluding hydrogens is 498 g/mol. The van der Waals surface area contributed by atoms with Gasteiger partial charge in [0.15, 0.2) is 11.5 Å². The van der Waals surface area contributed by atoms with Gasteiger partial charge in [-0.2, -0.15) is 5.10 Å². The number of H-pyrrole nitrogens is 1. The Morgan fingerprint density at radius 1 is 1.03 bits per heavy atom. The van der Waals surface area contributed by atoms with Crippen LogP contribution in [0, 0.1) is 12.8 Å². The van der Waals surface area contributed by atoms with Crippen LogP contribution in [0.4, 0.5) is 0 Å². The van der Waals surface area contributed by atoms with E-state index in [2.05, 4.69) is 55.2 Å². The lowest BCUT2D eigenvalue weighted by Crippen LogP contribution is -2.29. The Kier molecular flexibility index (Phi) is 7.43. The molecule has 196 valence electrons. The fraction of sp³-hybridized carbons (Fsp3) is 0.290. The fourth-order valence-electron chi connectivity index (χ4n) is 4.80. The van der Waals surface area contributed by atoms with Gasteiger partial charge in [0.2, 0.25) is 0 Å². The van der Waals surface area contributed by atoms with Crippen molar-refractivity contribution >= 4 is 17.5 Å². The van der Waals surface area contributed by atoms with Gasteiger partial charge in [-0.05, 0) is 54.7 Å². The van der Waals surface area contributed by atoms with Crippen LogP contribution in [0.25, 0.3) is 11.3 Å². The number of rotatable bonds is 9. The smallest absolute Gasteiger partial charge is 0.273 e. The van der Waals surface area contributed by atoms with Gasteiger partial charge in [0.05, 0.1) is 25.5 Å². The first kappa shape index (κ1) is 25.9. The number of carbonyl (C=O) groups excluding carboxylic acids is 1. The molecule has 5 rings (SSSR count). The zero-order chi connectivity index (χ0) is 26.8. The number of fused-ring (bicyclic) bond motifs is 1. The number of nitrogens with zero attached hydrogens (tertiary/aromatic N) is 2. The summed E-state index contributed by atoms with van der Waals surface area (Å²) in [5, 5.41) is 8.23. The van der Waals surface area contributed by atoms with Crippen molar-refractivity contribution in [3.63, 3.8) is 0 Å². The van der Waals surface area contributed by atoms with E-state index >= 15 is 0 Å². The summed E-state index contributed by atoms with van der Waals surface area (Å²) in [6.07, 6.45) is 0.954. The number of hydrogen-bond donors (Lipinski definition) is 1. The molecule has 1 atom stereocenters. The molecule has 0 aliphatic carbocycles. The Hall–Kier alpha value is -3.77. The molecule has 4 aromatic rings. The van der Waals surface area contributed by atoms with Gasteiger partial charge >= 0.3 is 0 Å². The second-order valence-corrected chi connectivity index (χ2v) is 10.6. The van der Waals surface area contributed by atoms with E-state index in [4.69, 9.17) is 21.1 Å². The van der Waals surface area contributed by atoms with E-state index in [9.17, 15) is 4.79 Å². The van der Waals surface area contributed by atoms with Crippen molar-refractivity contribution in [2.75, 3.05) is 13.7 Å². The molecule has 1 aliphatic rings. The van der Waals surface area contributed by atoms with E-state index in [1.165, 1.54) is 5.56 Å². The molecule has 0 saturated heterocycles. The lowest BCUT2D eigenvalue weighted by molar-refractivity contribution is 0.0730. The minimum atomic E-state index is -0.359. The lowest BCUT2D eigenvalue weighted by Gasteiger charge is -2.27. The highest BCUT2D eigenvalue weighted by Gasteiger charge is 2.42. The quantitative estimate of drug-likeness (QED) is 0.248. The zero-order valence-corrected chi connectivity index (χ0v) is 22.9. The van der Waals surface area contributed by atoms with Gasteiger partial charge in [0, 0.05) is 22.7 Å². The maximum Gasteiger partial charge on any atom is 0.273 e. The predicted octanol–water partition coefficient (Wildman–Crippen LogP) is 7.22. The monoisotopic (exact) mass is 529 g/mol. The Balaban J connectivity index is 1.58. The molecule has 38 heavy (non-hydrogen) atoms. The minimum absolute atomic E-state index is 0.0884. The average Bonchev–Trinajstić information content (AvgIpc) is 3.45. The summed E-state index contributed by atoms with van der Waals surface area (Å²) in [4.78, 5) is 15.6. The van der Waals surface area contributed by atoms with Gasteiger partial charge in [-0.1, -0.05) is 73.5 Å². The number of aromatic nitrogens is 2. The standard InChI is InChI=1S/C31H32ClN3O3/c1-19(2)15-16-38-25-14-11-23(17-26(25)37-4)30-27-28(22-9-12-24(32)13-10-22)33-34-29(27)31(36)35(30)18-21-7-5-20(3)6-8-21/h5-14,17,19,30H,15-16,18H2,1-4H3,(H,33,34). The van der Waals surface area contributed by atoms with Crippen LogP contribution in [-0.4, -0.2) is 34.7 Å². The molecule has 3 aromatic carbocycles. The second kappa shape index (κ2) is 10.9. The number of hydrogen-bond acceptors (Lipinski definition) is 4. The Labute approximate surface area is 228 Å². The van der Waals surface area contributed by atoms with Crippen LogP contribution in [-0.2, 0) is 6.54 Å². The van der Waals surface area contributed by atoms with Crippen molar-refractivity contribution < 1.29 is 14.3 Å². The topological polar surface area (TPSA) is 67.5 Å². The van der Waals surface area contributed by atoms with E-state index in [1.807, 2.05) is 47.4 Å². The molecule has 0 fully saturated rings. The second-order valence-electron chi connectivity index (χ2n) is 10.1. The summed E-state index contributed by atoms with van der Waals surface area (Å²) in [7, 11) is 1.64. The molecule has 0 saturated carbocycles. The van der Waals surface area contributed by atoms with E-state index in [0.717, 1.165) is 34.4 Å². The molecular formula is C31H32ClN3O3. The van der Waals surface area contributed by atoms with Gasteiger partial charge in [-0.15, -0.1) is 0 Å². The molecule has 7 heteroatoms. The van der Waals surface area contributed by atoms with Crippen LogP contribution >= 0.6 is 11.6 Å². The summed E-state index contributed by atoms with van der Waals surface area (Å²) in [5.74, 6) is 1.79. The largest absolute Gasteiger partial charge is 0.493 e. The number of aromatic amines is 1. The Bertz CT molecular complexity index is 1430. The van der Waals surface area contributed by atoms with Crippen LogP contribution in [0.5, 0.6) is 11.5 Å². The number of carbonyl (C=O) groups is 1. The maximum absolute atomic E-state index is 13.8. The van der Waals surface area contributed by atoms with Gasteiger partial charge in [-0.25, -0.2) is 0 Å². The van der Waals surface area contributed by atoms with Crippen LogP contribution in [0.2, 0.25) is 5.02 Å². The first-order chi connectivity index (χ1) is 18.4. The Morgan fingerprint density at radius 3 is 2.45 bits per heavy atom. The van der Waals surface area contributed by atoms with Crippen molar-refractivity contribution in [2.45, 2.75) is 39.8 Å². The molecule has 1 aliphatic heterocycles. The molecule has 2 heterocycles. The third-order valence-electron chi connectivity index (χ3n) is 6.91. The molecule has 0 spiro atoms. The van der Waals surface area contributed by atoms with E-state index in [1.54, 1.807) is 7.11 Å². The molecule has 1 aromatic heterocycles. The van der Waals surface area contributed by atoms with E-state index in [0.29, 0.717) is 41.3 Å². The number of methoxy groups -OCH3 is 1. The SMILES string of the molecule is COc1cc(C2c3c(-c4ccc(Cl)cc4)n[nH]c3C(=O)N2Cc2ccc(C)cc2)ccc1OCCC(C)C. The molecule has 1 unspecified atom stereocenters. The number of ether oxygens (including phenoxy) is 2. The third kappa shape index (κ3) is 5.14. The van der Waals surface area contributed by atoms with Gasteiger partial charge in [0.25, 0.3) is 5.91 Å². The third-order valence-corrected chi connectivity index (χ3v) is 7.16. The maximum atomic E-state index is 13.8.